The number of nitrogens with zero attached hydrogens (tertiary/aromatic N) is 2. The van der Waals surface area contributed by atoms with Gasteiger partial charge in [0.1, 0.15) is 0 Å². The van der Waals surface area contributed by atoms with Gasteiger partial charge in [-0.2, -0.15) is 5.26 Å². The number of ether oxygens (including phenoxy) is 1. The van der Waals surface area contributed by atoms with Crippen LogP contribution in [0.25, 0.3) is 0 Å². The Kier molecular flexibility index (Phi) is 6.92. The molecule has 0 aliphatic heterocycles. The molecule has 0 saturated carbocycles. The fraction of sp³-hybridized carbons (Fsp3) is 0.286. The van der Waals surface area contributed by atoms with Crippen LogP contribution in [0.3, 0.4) is 0 Å². The number of carbonyl (C=O) groups is 2. The first kappa shape index (κ1) is 19.2. The molecular formula is C21H22N2O3. The van der Waals surface area contributed by atoms with E-state index in [0.29, 0.717) is 5.69 Å². The number of anilines is 1. The van der Waals surface area contributed by atoms with Gasteiger partial charge < -0.3 is 9.64 Å². The molecule has 0 N–H and O–H groups in total. The minimum atomic E-state index is -0.449. The molecule has 5 nitrogen and oxygen atoms in total. The average molecular weight is 350 g/mol. The quantitative estimate of drug-likeness (QED) is 0.718. The van der Waals surface area contributed by atoms with Gasteiger partial charge in [0.25, 0.3) is 5.91 Å². The Morgan fingerprint density at radius 2 is 1.81 bits per heavy atom. The molecule has 0 heterocycles. The maximum atomic E-state index is 12.4. The fourth-order valence-corrected chi connectivity index (χ4v) is 2.52. The van der Waals surface area contributed by atoms with Crippen LogP contribution in [0.2, 0.25) is 0 Å². The number of amides is 1. The van der Waals surface area contributed by atoms with Crippen molar-refractivity contribution in [2.75, 3.05) is 18.1 Å². The molecule has 0 aliphatic rings. The molecule has 134 valence electrons. The molecule has 2 aromatic carbocycles. The van der Waals surface area contributed by atoms with Crippen molar-refractivity contribution >= 4 is 17.6 Å². The van der Waals surface area contributed by atoms with Gasteiger partial charge in [0.15, 0.2) is 6.61 Å². The van der Waals surface area contributed by atoms with Crippen LogP contribution in [0.4, 0.5) is 5.69 Å². The smallest absolute Gasteiger partial charge is 0.310 e. The monoisotopic (exact) mass is 350 g/mol. The van der Waals surface area contributed by atoms with E-state index in [1.807, 2.05) is 56.3 Å². The van der Waals surface area contributed by atoms with Gasteiger partial charge in [0.2, 0.25) is 0 Å². The Hall–Kier alpha value is -3.13. The van der Waals surface area contributed by atoms with Crippen LogP contribution in [0.15, 0.2) is 48.5 Å². The third-order valence-corrected chi connectivity index (χ3v) is 4.09. The van der Waals surface area contributed by atoms with Gasteiger partial charge >= 0.3 is 5.97 Å². The van der Waals surface area contributed by atoms with Crippen molar-refractivity contribution in [1.29, 1.82) is 5.26 Å². The van der Waals surface area contributed by atoms with Gasteiger partial charge in [-0.25, -0.2) is 0 Å². The molecule has 0 fully saturated rings. The fourth-order valence-electron chi connectivity index (χ4n) is 2.52. The number of aryl methyl sites for hydroxylation is 2. The van der Waals surface area contributed by atoms with E-state index in [2.05, 4.69) is 0 Å². The summed E-state index contributed by atoms with van der Waals surface area (Å²) in [6.07, 6.45) is 0.329. The molecule has 26 heavy (non-hydrogen) atoms. The summed E-state index contributed by atoms with van der Waals surface area (Å²) in [5, 5.41) is 8.79. The van der Waals surface area contributed by atoms with E-state index < -0.39 is 5.97 Å². The van der Waals surface area contributed by atoms with Crippen LogP contribution in [-0.2, 0) is 20.7 Å². The van der Waals surface area contributed by atoms with E-state index in [-0.39, 0.29) is 31.9 Å². The molecule has 5 heteroatoms. The molecule has 0 radical (unpaired) electrons. The van der Waals surface area contributed by atoms with E-state index in [4.69, 9.17) is 10.00 Å². The molecule has 1 amide bonds. The molecule has 0 atom stereocenters. The first-order valence-electron chi connectivity index (χ1n) is 8.45. The maximum Gasteiger partial charge on any atom is 0.310 e. The molecule has 0 aliphatic carbocycles. The van der Waals surface area contributed by atoms with Gasteiger partial charge in [-0.1, -0.05) is 36.4 Å². The number of rotatable bonds is 7. The first-order chi connectivity index (χ1) is 12.5. The predicted octanol–water partition coefficient (Wildman–Crippen LogP) is 3.34. The van der Waals surface area contributed by atoms with E-state index in [9.17, 15) is 9.59 Å². The molecular weight excluding hydrogens is 328 g/mol. The number of carbonyl (C=O) groups excluding carboxylic acids is 2. The van der Waals surface area contributed by atoms with Crippen LogP contribution in [0, 0.1) is 25.2 Å². The summed E-state index contributed by atoms with van der Waals surface area (Å²) in [5.41, 5.74) is 3.80. The molecule has 0 unspecified atom stereocenters. The summed E-state index contributed by atoms with van der Waals surface area (Å²) < 4.78 is 5.15. The van der Waals surface area contributed by atoms with E-state index in [1.165, 1.54) is 4.90 Å². The Labute approximate surface area is 153 Å². The van der Waals surface area contributed by atoms with Crippen molar-refractivity contribution in [1.82, 2.24) is 0 Å². The lowest BCUT2D eigenvalue weighted by molar-refractivity contribution is -0.147. The zero-order valence-corrected chi connectivity index (χ0v) is 15.1. The molecule has 2 rings (SSSR count). The van der Waals surface area contributed by atoms with Gasteiger partial charge in [-0.15, -0.1) is 0 Å². The molecule has 0 aromatic heterocycles. The predicted molar refractivity (Wildman–Crippen MR) is 99.6 cm³/mol. The highest BCUT2D eigenvalue weighted by atomic mass is 16.5. The summed E-state index contributed by atoms with van der Waals surface area (Å²) in [5.74, 6) is -0.796. The number of esters is 1. The Morgan fingerprint density at radius 1 is 1.08 bits per heavy atom. The van der Waals surface area contributed by atoms with Gasteiger partial charge in [-0.3, -0.25) is 9.59 Å². The Morgan fingerprint density at radius 3 is 2.46 bits per heavy atom. The minimum Gasteiger partial charge on any atom is -0.455 e. The highest BCUT2D eigenvalue weighted by Crippen LogP contribution is 2.14. The Bertz CT molecular complexity index is 810. The zero-order valence-electron chi connectivity index (χ0n) is 15.1. The largest absolute Gasteiger partial charge is 0.455 e. The van der Waals surface area contributed by atoms with Crippen molar-refractivity contribution in [3.63, 3.8) is 0 Å². The van der Waals surface area contributed by atoms with Crippen LogP contribution in [0.5, 0.6) is 0 Å². The Balaban J connectivity index is 1.95. The van der Waals surface area contributed by atoms with E-state index >= 15 is 0 Å². The minimum absolute atomic E-state index is 0.123. The van der Waals surface area contributed by atoms with E-state index in [0.717, 1.165) is 16.7 Å². The first-order valence-corrected chi connectivity index (χ1v) is 8.45. The number of benzene rings is 2. The summed E-state index contributed by atoms with van der Waals surface area (Å²) in [7, 11) is 0. The molecule has 0 bridgehead atoms. The summed E-state index contributed by atoms with van der Waals surface area (Å²) in [6, 6.07) is 16.9. The summed E-state index contributed by atoms with van der Waals surface area (Å²) in [6.45, 7) is 3.91. The highest BCUT2D eigenvalue weighted by molar-refractivity contribution is 5.95. The van der Waals surface area contributed by atoms with Crippen LogP contribution < -0.4 is 4.90 Å². The number of hydrogen-bond donors (Lipinski definition) is 0. The third kappa shape index (κ3) is 5.45. The average Bonchev–Trinajstić information content (AvgIpc) is 2.64. The topological polar surface area (TPSA) is 70.4 Å². The lowest BCUT2D eigenvalue weighted by Gasteiger charge is -2.21. The van der Waals surface area contributed by atoms with Crippen molar-refractivity contribution in [3.8, 4) is 6.07 Å². The van der Waals surface area contributed by atoms with Crippen LogP contribution in [-0.4, -0.2) is 25.0 Å². The highest BCUT2D eigenvalue weighted by Gasteiger charge is 2.17. The summed E-state index contributed by atoms with van der Waals surface area (Å²) >= 11 is 0. The van der Waals surface area contributed by atoms with E-state index in [1.54, 1.807) is 12.1 Å². The third-order valence-electron chi connectivity index (χ3n) is 4.09. The van der Waals surface area contributed by atoms with Crippen LogP contribution >= 0.6 is 0 Å². The molecule has 2 aromatic rings. The van der Waals surface area contributed by atoms with Crippen molar-refractivity contribution in [3.05, 3.63) is 65.2 Å². The standard InChI is InChI=1S/C21H22N2O3/c1-16-9-10-18(13-17(16)2)14-21(25)26-15-20(24)23(12-6-11-22)19-7-4-3-5-8-19/h3-5,7-10,13H,6,12,14-15H2,1-2H3. The van der Waals surface area contributed by atoms with Crippen LogP contribution in [0.1, 0.15) is 23.1 Å². The second-order valence-corrected chi connectivity index (χ2v) is 6.05. The maximum absolute atomic E-state index is 12.4. The number of para-hydroxylation sites is 1. The molecule has 0 spiro atoms. The lowest BCUT2D eigenvalue weighted by Crippen LogP contribution is -2.35. The SMILES string of the molecule is Cc1ccc(CC(=O)OCC(=O)N(CCC#N)c2ccccc2)cc1C. The summed E-state index contributed by atoms with van der Waals surface area (Å²) in [4.78, 5) is 26.0. The number of nitriles is 1. The van der Waals surface area contributed by atoms with Crippen molar-refractivity contribution < 1.29 is 14.3 Å². The molecule has 0 saturated heterocycles. The normalized spacial score (nSPS) is 10.0. The number of hydrogen-bond acceptors (Lipinski definition) is 4. The van der Waals surface area contributed by atoms with Crippen molar-refractivity contribution in [2.24, 2.45) is 0 Å². The zero-order chi connectivity index (χ0) is 18.9. The van der Waals surface area contributed by atoms with Gasteiger partial charge in [-0.05, 0) is 42.7 Å². The van der Waals surface area contributed by atoms with Gasteiger partial charge in [0, 0.05) is 12.2 Å². The van der Waals surface area contributed by atoms with Crippen molar-refractivity contribution in [2.45, 2.75) is 26.7 Å². The second kappa shape index (κ2) is 9.38. The lowest BCUT2D eigenvalue weighted by atomic mass is 10.0. The van der Waals surface area contributed by atoms with Gasteiger partial charge in [0.05, 0.1) is 18.9 Å². The second-order valence-electron chi connectivity index (χ2n) is 6.05.